The number of carboxylic acid groups (broad SMARTS) is 1. The third-order valence-corrected chi connectivity index (χ3v) is 6.61. The molecule has 1 aliphatic rings. The van der Waals surface area contributed by atoms with Crippen molar-refractivity contribution in [1.82, 2.24) is 49.6 Å². The van der Waals surface area contributed by atoms with Crippen LogP contribution in [0.5, 0.6) is 0 Å². The van der Waals surface area contributed by atoms with Gasteiger partial charge < -0.3 is 5.11 Å². The van der Waals surface area contributed by atoms with Gasteiger partial charge in [0.05, 0.1) is 5.92 Å². The highest BCUT2D eigenvalue weighted by atomic mass is 16.4. The maximum Gasteiger partial charge on any atom is 0.306 e. The van der Waals surface area contributed by atoms with Gasteiger partial charge in [-0.15, -0.1) is 0 Å². The molecule has 1 unspecified atom stereocenters. The number of carbonyl (C=O) groups is 1. The highest BCUT2D eigenvalue weighted by Gasteiger charge is 2.16. The van der Waals surface area contributed by atoms with Gasteiger partial charge in [0.2, 0.25) is 0 Å². The minimum absolute atomic E-state index is 0.137. The van der Waals surface area contributed by atoms with Gasteiger partial charge in [-0.2, -0.15) is 38.7 Å². The van der Waals surface area contributed by atoms with E-state index in [0.29, 0.717) is 0 Å². The lowest BCUT2D eigenvalue weighted by Gasteiger charge is -2.13. The SMILES string of the molecule is O=C(O)C1CCCCCCCCCCCCNNNNNNNNNCCCCCCCCCC1. The molecule has 1 aliphatic heterocycles. The summed E-state index contributed by atoms with van der Waals surface area (Å²) in [6, 6.07) is 0. The average molecular weight is 502 g/mol. The Morgan fingerprint density at radius 2 is 0.714 bits per heavy atom. The second kappa shape index (κ2) is 26.2. The maximum atomic E-state index is 11.6. The molecule has 0 radical (unpaired) electrons. The number of hydrogen-bond acceptors (Lipinski definition) is 10. The largest absolute Gasteiger partial charge is 0.481 e. The minimum atomic E-state index is -0.591. The van der Waals surface area contributed by atoms with E-state index in [2.05, 4.69) is 49.6 Å². The summed E-state index contributed by atoms with van der Waals surface area (Å²) >= 11 is 0. The van der Waals surface area contributed by atoms with Crippen molar-refractivity contribution in [2.24, 2.45) is 5.92 Å². The van der Waals surface area contributed by atoms with Crippen molar-refractivity contribution < 1.29 is 9.90 Å². The van der Waals surface area contributed by atoms with E-state index >= 15 is 0 Å². The van der Waals surface area contributed by atoms with Crippen molar-refractivity contribution in [3.8, 4) is 0 Å². The molecule has 1 saturated heterocycles. The number of carboxylic acids is 1. The molecule has 1 rings (SSSR count). The molecule has 35 heavy (non-hydrogen) atoms. The fraction of sp³-hybridized carbons (Fsp3) is 0.958. The highest BCUT2D eigenvalue weighted by Crippen LogP contribution is 2.20. The molecule has 11 heteroatoms. The lowest BCUT2D eigenvalue weighted by molar-refractivity contribution is -0.142. The zero-order valence-electron chi connectivity index (χ0n) is 22.0. The Morgan fingerprint density at radius 3 is 1.06 bits per heavy atom. The number of hydrogen-bond donors (Lipinski definition) is 10. The van der Waals surface area contributed by atoms with Crippen molar-refractivity contribution >= 4 is 5.97 Å². The maximum absolute atomic E-state index is 11.6. The summed E-state index contributed by atoms with van der Waals surface area (Å²) in [5.74, 6) is -0.728. The van der Waals surface area contributed by atoms with Crippen LogP contribution in [-0.4, -0.2) is 24.2 Å². The standard InChI is InChI=1S/C24H55N9O2/c34-24(35)23-19-15-11-7-3-1-2-5-9-13-17-21-25-27-29-31-33-32-30-28-26-22-18-14-10-6-4-8-12-16-20-23/h23,25-33H,1-22H2,(H,34,35). The lowest BCUT2D eigenvalue weighted by atomic mass is 9.94. The fourth-order valence-corrected chi connectivity index (χ4v) is 4.44. The second-order valence-corrected chi connectivity index (χ2v) is 9.71. The van der Waals surface area contributed by atoms with Crippen LogP contribution in [0.3, 0.4) is 0 Å². The number of hydrazine groups is 8. The predicted octanol–water partition coefficient (Wildman–Crippen LogP) is 3.13. The van der Waals surface area contributed by atoms with Crippen LogP contribution in [0.2, 0.25) is 0 Å². The molecule has 1 heterocycles. The predicted molar refractivity (Wildman–Crippen MR) is 141 cm³/mol. The Bertz CT molecular complexity index is 429. The van der Waals surface area contributed by atoms with Crippen LogP contribution in [0, 0.1) is 5.92 Å². The van der Waals surface area contributed by atoms with Gasteiger partial charge in [0.1, 0.15) is 0 Å². The topological polar surface area (TPSA) is 146 Å². The first kappa shape index (κ1) is 32.1. The molecule has 0 amide bonds. The molecule has 0 aromatic carbocycles. The Balaban J connectivity index is 2.15. The van der Waals surface area contributed by atoms with Gasteiger partial charge in [-0.3, -0.25) is 4.79 Å². The molecule has 0 aliphatic carbocycles. The molecule has 208 valence electrons. The molecule has 10 N–H and O–H groups in total. The Morgan fingerprint density at radius 1 is 0.429 bits per heavy atom. The quantitative estimate of drug-likeness (QED) is 0.259. The summed E-state index contributed by atoms with van der Waals surface area (Å²) in [6.45, 7) is 1.80. The van der Waals surface area contributed by atoms with Crippen molar-refractivity contribution in [3.05, 3.63) is 0 Å². The summed E-state index contributed by atoms with van der Waals surface area (Å²) < 4.78 is 0. The summed E-state index contributed by atoms with van der Waals surface area (Å²) in [5.41, 5.74) is 25.7. The van der Waals surface area contributed by atoms with E-state index in [1.165, 1.54) is 89.9 Å². The molecule has 0 bridgehead atoms. The zero-order chi connectivity index (χ0) is 25.1. The molecule has 0 aromatic rings. The first-order chi connectivity index (χ1) is 17.3. The smallest absolute Gasteiger partial charge is 0.306 e. The van der Waals surface area contributed by atoms with Gasteiger partial charge in [0, 0.05) is 13.1 Å². The summed E-state index contributed by atoms with van der Waals surface area (Å²) in [6.07, 6.45) is 23.6. The zero-order valence-corrected chi connectivity index (χ0v) is 22.0. The Hall–Kier alpha value is -0.890. The first-order valence-electron chi connectivity index (χ1n) is 14.2. The third kappa shape index (κ3) is 23.3. The molecular weight excluding hydrogens is 446 g/mol. The van der Waals surface area contributed by atoms with E-state index in [4.69, 9.17) is 0 Å². The summed E-state index contributed by atoms with van der Waals surface area (Å²) in [7, 11) is 0. The van der Waals surface area contributed by atoms with E-state index in [0.717, 1.165) is 51.6 Å². The minimum Gasteiger partial charge on any atom is -0.481 e. The van der Waals surface area contributed by atoms with Gasteiger partial charge in [0.25, 0.3) is 0 Å². The van der Waals surface area contributed by atoms with Crippen LogP contribution in [0.15, 0.2) is 0 Å². The van der Waals surface area contributed by atoms with Crippen LogP contribution in [0.25, 0.3) is 0 Å². The van der Waals surface area contributed by atoms with Gasteiger partial charge in [-0.05, 0) is 25.7 Å². The lowest BCUT2D eigenvalue weighted by Crippen LogP contribution is -2.64. The third-order valence-electron chi connectivity index (χ3n) is 6.61. The number of nitrogens with one attached hydrogen (secondary N) is 9. The van der Waals surface area contributed by atoms with Crippen molar-refractivity contribution in [2.75, 3.05) is 13.1 Å². The monoisotopic (exact) mass is 501 g/mol. The van der Waals surface area contributed by atoms with Crippen LogP contribution in [0.4, 0.5) is 0 Å². The van der Waals surface area contributed by atoms with E-state index in [1.807, 2.05) is 0 Å². The Kier molecular flexibility index (Phi) is 24.0. The van der Waals surface area contributed by atoms with E-state index in [-0.39, 0.29) is 5.92 Å². The Labute approximate surface area is 213 Å². The highest BCUT2D eigenvalue weighted by molar-refractivity contribution is 5.69. The summed E-state index contributed by atoms with van der Waals surface area (Å²) in [4.78, 5) is 11.6. The van der Waals surface area contributed by atoms with Gasteiger partial charge in [-0.25, -0.2) is 10.9 Å². The van der Waals surface area contributed by atoms with E-state index < -0.39 is 5.97 Å². The van der Waals surface area contributed by atoms with Gasteiger partial charge >= 0.3 is 5.97 Å². The molecule has 0 aromatic heterocycles. The molecule has 0 saturated carbocycles. The molecule has 0 spiro atoms. The number of rotatable bonds is 1. The summed E-state index contributed by atoms with van der Waals surface area (Å²) in [5, 5.41) is 9.54. The van der Waals surface area contributed by atoms with Crippen molar-refractivity contribution in [3.63, 3.8) is 0 Å². The average Bonchev–Trinajstić information content (AvgIpc) is 2.85. The van der Waals surface area contributed by atoms with Gasteiger partial charge in [0.15, 0.2) is 0 Å². The number of aliphatic carboxylic acids is 1. The van der Waals surface area contributed by atoms with Crippen molar-refractivity contribution in [2.45, 2.75) is 128 Å². The van der Waals surface area contributed by atoms with Crippen LogP contribution in [0.1, 0.15) is 128 Å². The van der Waals surface area contributed by atoms with Crippen LogP contribution >= 0.6 is 0 Å². The molecule has 11 nitrogen and oxygen atoms in total. The van der Waals surface area contributed by atoms with Crippen molar-refractivity contribution in [1.29, 1.82) is 0 Å². The van der Waals surface area contributed by atoms with Gasteiger partial charge in [-0.1, -0.05) is 103 Å². The van der Waals surface area contributed by atoms with E-state index in [9.17, 15) is 9.90 Å². The fourth-order valence-electron chi connectivity index (χ4n) is 4.44. The van der Waals surface area contributed by atoms with E-state index in [1.54, 1.807) is 0 Å². The van der Waals surface area contributed by atoms with Crippen LogP contribution in [-0.2, 0) is 4.79 Å². The second-order valence-electron chi connectivity index (χ2n) is 9.71. The molecule has 1 atom stereocenters. The molecule has 1 fully saturated rings. The normalized spacial score (nSPS) is 25.0. The van der Waals surface area contributed by atoms with Crippen LogP contribution < -0.4 is 49.6 Å². The first-order valence-corrected chi connectivity index (χ1v) is 14.2. The molecular formula is C24H55N9O2.